The first-order valence-electron chi connectivity index (χ1n) is 7.33. The fraction of sp³-hybridized carbons (Fsp3) is 0.917. The number of aromatic nitrogens is 4. The maximum absolute atomic E-state index is 5.66. The Morgan fingerprint density at radius 3 is 2.89 bits per heavy atom. The molecule has 2 saturated heterocycles. The van der Waals surface area contributed by atoms with Crippen molar-refractivity contribution in [3.8, 4) is 0 Å². The van der Waals surface area contributed by atoms with Gasteiger partial charge in [0.05, 0.1) is 19.7 Å². The van der Waals surface area contributed by atoms with Crippen molar-refractivity contribution < 1.29 is 14.5 Å². The van der Waals surface area contributed by atoms with Crippen LogP contribution in [0.3, 0.4) is 0 Å². The van der Waals surface area contributed by atoms with Gasteiger partial charge in [-0.05, 0) is 23.3 Å². The molecule has 19 heavy (non-hydrogen) atoms. The van der Waals surface area contributed by atoms with E-state index in [0.717, 1.165) is 38.4 Å². The number of rotatable bonds is 4. The quantitative estimate of drug-likeness (QED) is 0.603. The van der Waals surface area contributed by atoms with Gasteiger partial charge >= 0.3 is 0 Å². The van der Waals surface area contributed by atoms with Crippen LogP contribution in [0.4, 0.5) is 0 Å². The van der Waals surface area contributed by atoms with Crippen LogP contribution in [0.5, 0.6) is 0 Å². The SMILES string of the molecule is C[NH+]1CC[NH+](Cc2nnnn2C[C@H]2CCCO2)CC1. The number of tetrazole rings is 1. The molecule has 1 aromatic heterocycles. The van der Waals surface area contributed by atoms with Gasteiger partial charge in [0.2, 0.25) is 5.82 Å². The van der Waals surface area contributed by atoms with Gasteiger partial charge in [0, 0.05) is 6.61 Å². The molecule has 2 aliphatic rings. The van der Waals surface area contributed by atoms with Crippen LogP contribution in [-0.2, 0) is 17.8 Å². The average molecular weight is 268 g/mol. The lowest BCUT2D eigenvalue weighted by atomic mass is 10.2. The Kier molecular flexibility index (Phi) is 4.05. The molecule has 0 unspecified atom stereocenters. The molecular formula is C12H24N6O+2. The molecule has 7 nitrogen and oxygen atoms in total. The third-order valence-electron chi connectivity index (χ3n) is 4.23. The second-order valence-corrected chi connectivity index (χ2v) is 5.80. The van der Waals surface area contributed by atoms with Gasteiger partial charge in [-0.15, -0.1) is 5.10 Å². The summed E-state index contributed by atoms with van der Waals surface area (Å²) in [5.74, 6) is 1.00. The van der Waals surface area contributed by atoms with Gasteiger partial charge in [-0.1, -0.05) is 0 Å². The maximum Gasteiger partial charge on any atom is 0.206 e. The summed E-state index contributed by atoms with van der Waals surface area (Å²) in [5.41, 5.74) is 0. The third-order valence-corrected chi connectivity index (χ3v) is 4.23. The second kappa shape index (κ2) is 5.94. The lowest BCUT2D eigenvalue weighted by Crippen LogP contribution is -3.26. The lowest BCUT2D eigenvalue weighted by molar-refractivity contribution is -1.01. The van der Waals surface area contributed by atoms with Crippen LogP contribution in [-0.4, -0.2) is 66.1 Å². The van der Waals surface area contributed by atoms with Gasteiger partial charge in [-0.25, -0.2) is 4.68 Å². The Bertz CT molecular complexity index is 395. The Morgan fingerprint density at radius 2 is 2.16 bits per heavy atom. The summed E-state index contributed by atoms with van der Waals surface area (Å²) in [4.78, 5) is 3.22. The first-order valence-corrected chi connectivity index (χ1v) is 7.33. The number of hydrogen-bond donors (Lipinski definition) is 2. The molecule has 2 aliphatic heterocycles. The molecule has 1 aromatic rings. The zero-order valence-corrected chi connectivity index (χ0v) is 11.6. The normalized spacial score (nSPS) is 31.7. The summed E-state index contributed by atoms with van der Waals surface area (Å²) in [6.07, 6.45) is 2.59. The minimum atomic E-state index is 0.300. The molecule has 0 aliphatic carbocycles. The molecule has 2 fully saturated rings. The van der Waals surface area contributed by atoms with E-state index in [9.17, 15) is 0 Å². The Morgan fingerprint density at radius 1 is 1.32 bits per heavy atom. The average Bonchev–Trinajstić information content (AvgIpc) is 3.06. The molecule has 7 heteroatoms. The summed E-state index contributed by atoms with van der Waals surface area (Å²) in [6.45, 7) is 7.52. The Hall–Kier alpha value is -1.05. The lowest BCUT2D eigenvalue weighted by Gasteiger charge is -2.26. The molecule has 3 rings (SSSR count). The smallest absolute Gasteiger partial charge is 0.206 e. The summed E-state index contributed by atoms with van der Waals surface area (Å²) < 4.78 is 7.60. The zero-order chi connectivity index (χ0) is 13.1. The van der Waals surface area contributed by atoms with E-state index < -0.39 is 0 Å². The van der Waals surface area contributed by atoms with E-state index in [0.29, 0.717) is 6.10 Å². The van der Waals surface area contributed by atoms with E-state index in [2.05, 4.69) is 22.6 Å². The molecule has 0 saturated carbocycles. The molecular weight excluding hydrogens is 244 g/mol. The summed E-state index contributed by atoms with van der Waals surface area (Å²) in [7, 11) is 2.26. The fourth-order valence-corrected chi connectivity index (χ4v) is 2.90. The van der Waals surface area contributed by atoms with Gasteiger partial charge in [0.25, 0.3) is 0 Å². The van der Waals surface area contributed by atoms with Crippen molar-refractivity contribution in [2.45, 2.75) is 32.0 Å². The van der Waals surface area contributed by atoms with Crippen LogP contribution in [0, 0.1) is 0 Å². The molecule has 0 radical (unpaired) electrons. The van der Waals surface area contributed by atoms with Crippen molar-refractivity contribution in [3.63, 3.8) is 0 Å². The first kappa shape index (κ1) is 13.0. The van der Waals surface area contributed by atoms with Crippen LogP contribution in [0.1, 0.15) is 18.7 Å². The van der Waals surface area contributed by atoms with Crippen molar-refractivity contribution >= 4 is 0 Å². The third kappa shape index (κ3) is 3.29. The van der Waals surface area contributed by atoms with Crippen molar-refractivity contribution in [1.82, 2.24) is 20.2 Å². The molecule has 0 aromatic carbocycles. The predicted octanol–water partition coefficient (Wildman–Crippen LogP) is -3.23. The molecule has 106 valence electrons. The highest BCUT2D eigenvalue weighted by Gasteiger charge is 2.24. The summed E-state index contributed by atoms with van der Waals surface area (Å²) in [6, 6.07) is 0. The summed E-state index contributed by atoms with van der Waals surface area (Å²) in [5, 5.41) is 12.1. The van der Waals surface area contributed by atoms with Crippen LogP contribution in [0.15, 0.2) is 0 Å². The highest BCUT2D eigenvalue weighted by Crippen LogP contribution is 2.13. The Balaban J connectivity index is 1.57. The minimum absolute atomic E-state index is 0.300. The van der Waals surface area contributed by atoms with Crippen molar-refractivity contribution in [3.05, 3.63) is 5.82 Å². The molecule has 3 heterocycles. The number of nitrogens with zero attached hydrogens (tertiary/aromatic N) is 4. The molecule has 2 N–H and O–H groups in total. The van der Waals surface area contributed by atoms with E-state index in [-0.39, 0.29) is 0 Å². The van der Waals surface area contributed by atoms with E-state index in [1.807, 2.05) is 4.68 Å². The monoisotopic (exact) mass is 268 g/mol. The van der Waals surface area contributed by atoms with Gasteiger partial charge in [0.15, 0.2) is 0 Å². The highest BCUT2D eigenvalue weighted by molar-refractivity contribution is 4.79. The summed E-state index contributed by atoms with van der Waals surface area (Å²) >= 11 is 0. The molecule has 0 bridgehead atoms. The van der Waals surface area contributed by atoms with Crippen LogP contribution < -0.4 is 9.80 Å². The van der Waals surface area contributed by atoms with Crippen molar-refractivity contribution in [1.29, 1.82) is 0 Å². The van der Waals surface area contributed by atoms with Crippen molar-refractivity contribution in [2.75, 3.05) is 39.8 Å². The molecule has 0 spiro atoms. The fourth-order valence-electron chi connectivity index (χ4n) is 2.90. The van der Waals surface area contributed by atoms with Gasteiger partial charge in [-0.3, -0.25) is 0 Å². The van der Waals surface area contributed by atoms with Gasteiger partial charge in [0.1, 0.15) is 32.7 Å². The van der Waals surface area contributed by atoms with Crippen molar-refractivity contribution in [2.24, 2.45) is 0 Å². The highest BCUT2D eigenvalue weighted by atomic mass is 16.5. The number of piperazine rings is 1. The van der Waals surface area contributed by atoms with Crippen LogP contribution in [0.25, 0.3) is 0 Å². The topological polar surface area (TPSA) is 61.7 Å². The number of hydrogen-bond acceptors (Lipinski definition) is 4. The van der Waals surface area contributed by atoms with Gasteiger partial charge < -0.3 is 14.5 Å². The number of ether oxygens (including phenoxy) is 1. The maximum atomic E-state index is 5.66. The molecule has 0 amide bonds. The van der Waals surface area contributed by atoms with E-state index >= 15 is 0 Å². The van der Waals surface area contributed by atoms with Gasteiger partial charge in [-0.2, -0.15) is 0 Å². The Labute approximate surface area is 113 Å². The predicted molar refractivity (Wildman–Crippen MR) is 67.8 cm³/mol. The van der Waals surface area contributed by atoms with Crippen LogP contribution >= 0.6 is 0 Å². The number of likely N-dealkylation sites (N-methyl/N-ethyl adjacent to an activating group) is 1. The first-order chi connectivity index (χ1) is 9.31. The van der Waals surface area contributed by atoms with Crippen LogP contribution in [0.2, 0.25) is 0 Å². The standard InChI is InChI=1S/C12H22N6O/c1-16-4-6-17(7-5-16)10-12-13-14-15-18(12)9-11-3-2-8-19-11/h11H,2-10H2,1H3/p+2/t11-/m1/s1. The molecule has 1 atom stereocenters. The van der Waals surface area contributed by atoms with E-state index in [1.54, 1.807) is 9.80 Å². The second-order valence-electron chi connectivity index (χ2n) is 5.80. The largest absolute Gasteiger partial charge is 0.376 e. The zero-order valence-electron chi connectivity index (χ0n) is 11.6. The van der Waals surface area contributed by atoms with E-state index in [1.165, 1.54) is 26.2 Å². The minimum Gasteiger partial charge on any atom is -0.376 e. The van der Waals surface area contributed by atoms with E-state index in [4.69, 9.17) is 4.74 Å². The number of nitrogens with one attached hydrogen (secondary N) is 2. The number of quaternary nitrogens is 2.